The van der Waals surface area contributed by atoms with Crippen molar-refractivity contribution in [2.75, 3.05) is 0 Å². The molecule has 0 spiro atoms. The van der Waals surface area contributed by atoms with Crippen molar-refractivity contribution in [3.8, 4) is 0 Å². The van der Waals surface area contributed by atoms with Crippen molar-refractivity contribution < 1.29 is 0 Å². The third-order valence-electron chi connectivity index (χ3n) is 4.40. The molecule has 2 aliphatic carbocycles. The third kappa shape index (κ3) is 1.04. The van der Waals surface area contributed by atoms with Crippen LogP contribution in [0, 0.1) is 10.8 Å². The molecule has 1 saturated carbocycles. The van der Waals surface area contributed by atoms with Crippen molar-refractivity contribution in [2.45, 2.75) is 52.4 Å². The van der Waals surface area contributed by atoms with Gasteiger partial charge in [0.15, 0.2) is 0 Å². The minimum atomic E-state index is 0.531. The van der Waals surface area contributed by atoms with Gasteiger partial charge in [0.25, 0.3) is 0 Å². The predicted octanol–water partition coefficient (Wildman–Crippen LogP) is 3.92. The lowest BCUT2D eigenvalue weighted by Gasteiger charge is -2.51. The second-order valence-electron chi connectivity index (χ2n) is 5.13. The van der Waals surface area contributed by atoms with E-state index >= 15 is 0 Å². The van der Waals surface area contributed by atoms with E-state index in [0.717, 1.165) is 0 Å². The molecule has 0 nitrogen and oxygen atoms in total. The van der Waals surface area contributed by atoms with Crippen molar-refractivity contribution in [2.24, 2.45) is 10.8 Å². The van der Waals surface area contributed by atoms with Crippen LogP contribution in [0.4, 0.5) is 0 Å². The first-order valence-electron chi connectivity index (χ1n) is 5.34. The number of allylic oxidation sites excluding steroid dienone is 2. The van der Waals surface area contributed by atoms with Gasteiger partial charge in [-0.1, -0.05) is 38.8 Å². The maximum absolute atomic E-state index is 2.50. The quantitative estimate of drug-likeness (QED) is 0.476. The van der Waals surface area contributed by atoms with Crippen LogP contribution in [0.25, 0.3) is 0 Å². The summed E-state index contributed by atoms with van der Waals surface area (Å²) < 4.78 is 0. The normalized spacial score (nSPS) is 47.2. The molecule has 1 fully saturated rings. The van der Waals surface area contributed by atoms with Gasteiger partial charge in [0.2, 0.25) is 0 Å². The molecule has 0 bridgehead atoms. The molecule has 0 N–H and O–H groups in total. The zero-order chi connectivity index (χ0) is 8.66. The van der Waals surface area contributed by atoms with Gasteiger partial charge in [0, 0.05) is 0 Å². The fourth-order valence-electron chi connectivity index (χ4n) is 3.04. The summed E-state index contributed by atoms with van der Waals surface area (Å²) in [4.78, 5) is 0. The van der Waals surface area contributed by atoms with E-state index in [1.54, 1.807) is 0 Å². The third-order valence-corrected chi connectivity index (χ3v) is 4.40. The maximum Gasteiger partial charge on any atom is -0.00926 e. The van der Waals surface area contributed by atoms with E-state index in [1.807, 2.05) is 0 Å². The summed E-state index contributed by atoms with van der Waals surface area (Å²) in [5, 5.41) is 0. The first-order valence-corrected chi connectivity index (χ1v) is 5.34. The van der Waals surface area contributed by atoms with E-state index < -0.39 is 0 Å². The van der Waals surface area contributed by atoms with Gasteiger partial charge < -0.3 is 0 Å². The van der Waals surface area contributed by atoms with Crippen molar-refractivity contribution in [3.63, 3.8) is 0 Å². The first-order chi connectivity index (χ1) is 5.66. The van der Waals surface area contributed by atoms with Crippen LogP contribution >= 0.6 is 0 Å². The van der Waals surface area contributed by atoms with E-state index in [2.05, 4.69) is 26.0 Å². The highest BCUT2D eigenvalue weighted by Crippen LogP contribution is 2.55. The van der Waals surface area contributed by atoms with Crippen LogP contribution in [0.2, 0.25) is 0 Å². The topological polar surface area (TPSA) is 0 Å². The van der Waals surface area contributed by atoms with Crippen LogP contribution in [-0.4, -0.2) is 0 Å². The van der Waals surface area contributed by atoms with Gasteiger partial charge in [0.1, 0.15) is 0 Å². The average Bonchev–Trinajstić information content (AvgIpc) is 2.05. The summed E-state index contributed by atoms with van der Waals surface area (Å²) >= 11 is 0. The van der Waals surface area contributed by atoms with Crippen molar-refractivity contribution in [1.82, 2.24) is 0 Å². The van der Waals surface area contributed by atoms with Crippen LogP contribution in [0.3, 0.4) is 0 Å². The molecule has 2 rings (SSSR count). The monoisotopic (exact) mass is 164 g/mol. The molecule has 68 valence electrons. The molecule has 0 aromatic heterocycles. The van der Waals surface area contributed by atoms with Gasteiger partial charge in [-0.05, 0) is 36.5 Å². The lowest BCUT2D eigenvalue weighted by molar-refractivity contribution is 0.0442. The number of hydrogen-bond donors (Lipinski definition) is 0. The molecule has 2 aliphatic rings. The Kier molecular flexibility index (Phi) is 1.82. The summed E-state index contributed by atoms with van der Waals surface area (Å²) in [6.07, 6.45) is 13.4. The Bertz CT molecular complexity index is 204. The summed E-state index contributed by atoms with van der Waals surface area (Å²) in [7, 11) is 0. The largest absolute Gasteiger partial charge is 0.0879 e. The summed E-state index contributed by atoms with van der Waals surface area (Å²) in [6.45, 7) is 4.96. The fourth-order valence-corrected chi connectivity index (χ4v) is 3.04. The van der Waals surface area contributed by atoms with Gasteiger partial charge in [-0.2, -0.15) is 0 Å². The average molecular weight is 164 g/mol. The molecule has 0 amide bonds. The molecular weight excluding hydrogens is 144 g/mol. The molecule has 0 aliphatic heterocycles. The Morgan fingerprint density at radius 2 is 1.75 bits per heavy atom. The predicted molar refractivity (Wildman–Crippen MR) is 53.1 cm³/mol. The zero-order valence-electron chi connectivity index (χ0n) is 8.40. The lowest BCUT2D eigenvalue weighted by atomic mass is 9.54. The van der Waals surface area contributed by atoms with Crippen LogP contribution in [0.15, 0.2) is 12.2 Å². The zero-order valence-corrected chi connectivity index (χ0v) is 8.40. The Balaban J connectivity index is 2.30. The summed E-state index contributed by atoms with van der Waals surface area (Å²) in [6, 6.07) is 0. The second-order valence-corrected chi connectivity index (χ2v) is 5.13. The highest BCUT2D eigenvalue weighted by Gasteiger charge is 2.44. The van der Waals surface area contributed by atoms with Gasteiger partial charge in [-0.3, -0.25) is 0 Å². The van der Waals surface area contributed by atoms with Gasteiger partial charge in [0.05, 0.1) is 0 Å². The van der Waals surface area contributed by atoms with E-state index in [-0.39, 0.29) is 0 Å². The summed E-state index contributed by atoms with van der Waals surface area (Å²) in [5.74, 6) is 0. The Morgan fingerprint density at radius 1 is 1.00 bits per heavy atom. The van der Waals surface area contributed by atoms with Gasteiger partial charge in [-0.15, -0.1) is 0 Å². The molecule has 2 atom stereocenters. The number of rotatable bonds is 0. The van der Waals surface area contributed by atoms with E-state index in [4.69, 9.17) is 0 Å². The fraction of sp³-hybridized carbons (Fsp3) is 0.833. The molecule has 0 aromatic carbocycles. The minimum absolute atomic E-state index is 0.531. The van der Waals surface area contributed by atoms with Crippen LogP contribution in [0.1, 0.15) is 52.4 Å². The van der Waals surface area contributed by atoms with Crippen molar-refractivity contribution in [1.29, 1.82) is 0 Å². The lowest BCUT2D eigenvalue weighted by Crippen LogP contribution is -2.40. The van der Waals surface area contributed by atoms with E-state index in [1.165, 1.54) is 38.5 Å². The Morgan fingerprint density at radius 3 is 2.50 bits per heavy atom. The number of fused-ring (bicyclic) bond motifs is 1. The van der Waals surface area contributed by atoms with Gasteiger partial charge in [-0.25, -0.2) is 0 Å². The highest BCUT2D eigenvalue weighted by molar-refractivity contribution is 5.11. The highest BCUT2D eigenvalue weighted by atomic mass is 14.5. The second kappa shape index (κ2) is 2.61. The van der Waals surface area contributed by atoms with E-state index in [0.29, 0.717) is 10.8 Å². The minimum Gasteiger partial charge on any atom is -0.0879 e. The molecule has 0 saturated heterocycles. The molecule has 0 radical (unpaired) electrons. The Labute approximate surface area is 76.1 Å². The van der Waals surface area contributed by atoms with E-state index in [9.17, 15) is 0 Å². The Hall–Kier alpha value is -0.260. The van der Waals surface area contributed by atoms with Crippen molar-refractivity contribution >= 4 is 0 Å². The molecule has 2 unspecified atom stereocenters. The molecular formula is C12H20. The standard InChI is InChI=1S/C12H20/c1-11-7-3-5-9-12(11,2)10-6-4-8-11/h3,7H,4-6,8-10H2,1-2H3. The smallest absolute Gasteiger partial charge is 0.00926 e. The van der Waals surface area contributed by atoms with Crippen LogP contribution < -0.4 is 0 Å². The molecule has 0 heterocycles. The molecule has 12 heavy (non-hydrogen) atoms. The SMILES string of the molecule is CC12C=CCCC1(C)CCCC2. The first kappa shape index (κ1) is 8.34. The summed E-state index contributed by atoms with van der Waals surface area (Å²) in [5.41, 5.74) is 1.16. The van der Waals surface area contributed by atoms with Crippen LogP contribution in [-0.2, 0) is 0 Å². The van der Waals surface area contributed by atoms with Gasteiger partial charge >= 0.3 is 0 Å². The van der Waals surface area contributed by atoms with Crippen molar-refractivity contribution in [3.05, 3.63) is 12.2 Å². The van der Waals surface area contributed by atoms with Crippen LogP contribution in [0.5, 0.6) is 0 Å². The molecule has 0 aromatic rings. The maximum atomic E-state index is 2.50. The number of hydrogen-bond acceptors (Lipinski definition) is 0. The molecule has 0 heteroatoms.